The van der Waals surface area contributed by atoms with Crippen LogP contribution in [0.4, 0.5) is 4.79 Å². The number of likely N-dealkylation sites (N-methyl/N-ethyl adjacent to an activating group) is 1. The number of thioether (sulfide) groups is 1. The molecule has 1 N–H and O–H groups in total. The zero-order chi connectivity index (χ0) is 17.1. The normalized spacial score (nSPS) is 16.6. The summed E-state index contributed by atoms with van der Waals surface area (Å²) in [6.07, 6.45) is 0. The molecule has 24 heavy (non-hydrogen) atoms. The summed E-state index contributed by atoms with van der Waals surface area (Å²) in [7, 11) is 2.09. The maximum absolute atomic E-state index is 12.2. The quantitative estimate of drug-likeness (QED) is 0.791. The highest BCUT2D eigenvalue weighted by Gasteiger charge is 2.19. The van der Waals surface area contributed by atoms with Gasteiger partial charge in [-0.25, -0.2) is 4.31 Å². The van der Waals surface area contributed by atoms with Crippen LogP contribution in [-0.4, -0.2) is 52.0 Å². The Morgan fingerprint density at radius 2 is 1.96 bits per heavy atom. The molecule has 7 heteroatoms. The van der Waals surface area contributed by atoms with E-state index in [2.05, 4.69) is 16.3 Å². The second-order valence-electron chi connectivity index (χ2n) is 5.77. The van der Waals surface area contributed by atoms with Crippen molar-refractivity contribution < 1.29 is 9.90 Å². The van der Waals surface area contributed by atoms with Gasteiger partial charge in [-0.3, -0.25) is 4.79 Å². The molecule has 1 fully saturated rings. The van der Waals surface area contributed by atoms with Crippen LogP contribution >= 0.6 is 35.3 Å². The van der Waals surface area contributed by atoms with Crippen LogP contribution in [0.1, 0.15) is 5.56 Å². The van der Waals surface area contributed by atoms with Crippen LogP contribution in [0.5, 0.6) is 5.75 Å². The van der Waals surface area contributed by atoms with E-state index >= 15 is 0 Å². The Hall–Kier alpha value is -0.920. The molecule has 1 saturated heterocycles. The summed E-state index contributed by atoms with van der Waals surface area (Å²) in [6.45, 7) is 3.72. The van der Waals surface area contributed by atoms with Crippen LogP contribution in [0, 0.1) is 0 Å². The van der Waals surface area contributed by atoms with Crippen LogP contribution in [-0.2, 0) is 5.75 Å². The smallest absolute Gasteiger partial charge is 0.261 e. The summed E-state index contributed by atoms with van der Waals surface area (Å²) < 4.78 is 2.13. The van der Waals surface area contributed by atoms with E-state index in [1.54, 1.807) is 0 Å². The first-order valence-corrected chi connectivity index (χ1v) is 9.85. The number of phenols is 1. The maximum Gasteiger partial charge on any atom is 0.261 e. The van der Waals surface area contributed by atoms with E-state index in [1.807, 2.05) is 30.3 Å². The number of nitrogens with zero attached hydrogens (tertiary/aromatic N) is 2. The summed E-state index contributed by atoms with van der Waals surface area (Å²) in [4.78, 5) is 14.4. The van der Waals surface area contributed by atoms with Crippen molar-refractivity contribution in [3.05, 3.63) is 40.9 Å². The average molecular weight is 383 g/mol. The van der Waals surface area contributed by atoms with Crippen molar-refractivity contribution in [2.24, 2.45) is 0 Å². The van der Waals surface area contributed by atoms with E-state index < -0.39 is 0 Å². The number of hydrogen-bond acceptors (Lipinski definition) is 6. The molecule has 1 aliphatic heterocycles. The van der Waals surface area contributed by atoms with E-state index in [0.717, 1.165) is 37.0 Å². The molecule has 0 spiro atoms. The fourth-order valence-electron chi connectivity index (χ4n) is 2.62. The van der Waals surface area contributed by atoms with Crippen molar-refractivity contribution in [3.8, 4) is 5.75 Å². The lowest BCUT2D eigenvalue weighted by Crippen LogP contribution is -2.41. The van der Waals surface area contributed by atoms with E-state index in [9.17, 15) is 9.90 Å². The van der Waals surface area contributed by atoms with Crippen molar-refractivity contribution >= 4 is 50.5 Å². The summed E-state index contributed by atoms with van der Waals surface area (Å²) in [5.74, 6) is 0.540. The first-order valence-electron chi connectivity index (χ1n) is 7.72. The SMILES string of the molecule is CN1CCN(SC(=O)SCc2c(Cl)cc3ccccc3c2O)CC1. The van der Waals surface area contributed by atoms with Gasteiger partial charge in [-0.15, -0.1) is 0 Å². The largest absolute Gasteiger partial charge is 0.507 e. The van der Waals surface area contributed by atoms with Crippen LogP contribution in [0.3, 0.4) is 0 Å². The lowest BCUT2D eigenvalue weighted by atomic mass is 10.1. The Balaban J connectivity index is 1.64. The fraction of sp³-hybridized carbons (Fsp3) is 0.353. The Morgan fingerprint density at radius 1 is 1.25 bits per heavy atom. The third-order valence-corrected chi connectivity index (χ3v) is 6.43. The second kappa shape index (κ2) is 7.97. The summed E-state index contributed by atoms with van der Waals surface area (Å²) in [6, 6.07) is 9.39. The molecule has 0 aromatic heterocycles. The van der Waals surface area contributed by atoms with E-state index in [1.165, 1.54) is 23.7 Å². The third-order valence-electron chi connectivity index (χ3n) is 4.07. The van der Waals surface area contributed by atoms with Gasteiger partial charge in [-0.2, -0.15) is 0 Å². The molecule has 0 bridgehead atoms. The van der Waals surface area contributed by atoms with Gasteiger partial charge in [0.2, 0.25) is 0 Å². The van der Waals surface area contributed by atoms with E-state index in [0.29, 0.717) is 16.3 Å². The number of phenolic OH excluding ortho intramolecular Hbond substituents is 1. The first-order chi connectivity index (χ1) is 11.5. The average Bonchev–Trinajstić information content (AvgIpc) is 2.57. The second-order valence-corrected chi connectivity index (χ2v) is 8.45. The van der Waals surface area contributed by atoms with Crippen LogP contribution in [0.15, 0.2) is 30.3 Å². The fourth-order valence-corrected chi connectivity index (χ4v) is 4.79. The summed E-state index contributed by atoms with van der Waals surface area (Å²) in [5.41, 5.74) is 0.618. The van der Waals surface area contributed by atoms with Crippen molar-refractivity contribution in [1.29, 1.82) is 0 Å². The van der Waals surface area contributed by atoms with Crippen LogP contribution in [0.2, 0.25) is 5.02 Å². The number of halogens is 1. The summed E-state index contributed by atoms with van der Waals surface area (Å²) in [5, 5.41) is 12.6. The molecule has 0 aliphatic carbocycles. The first kappa shape index (κ1) is 17.9. The molecule has 3 rings (SSSR count). The highest BCUT2D eigenvalue weighted by Crippen LogP contribution is 2.37. The molecule has 0 atom stereocenters. The van der Waals surface area contributed by atoms with Gasteiger partial charge in [-0.1, -0.05) is 47.6 Å². The van der Waals surface area contributed by atoms with Crippen molar-refractivity contribution in [2.75, 3.05) is 33.2 Å². The van der Waals surface area contributed by atoms with Crippen molar-refractivity contribution in [1.82, 2.24) is 9.21 Å². The Labute approximate surface area is 155 Å². The molecule has 2 aromatic rings. The number of carbonyl (C=O) groups is 1. The minimum atomic E-state index is 0.0307. The van der Waals surface area contributed by atoms with Gasteiger partial charge in [-0.05, 0) is 18.5 Å². The maximum atomic E-state index is 12.2. The molecule has 0 radical (unpaired) electrons. The number of benzene rings is 2. The predicted molar refractivity (Wildman–Crippen MR) is 104 cm³/mol. The monoisotopic (exact) mass is 382 g/mol. The van der Waals surface area contributed by atoms with Crippen molar-refractivity contribution in [3.63, 3.8) is 0 Å². The number of hydrogen-bond donors (Lipinski definition) is 1. The highest BCUT2D eigenvalue weighted by atomic mass is 35.5. The molecule has 0 saturated carbocycles. The van der Waals surface area contributed by atoms with Crippen LogP contribution in [0.25, 0.3) is 10.8 Å². The standard InChI is InChI=1S/C17H19ClN2O2S2/c1-19-6-8-20(9-7-19)24-17(22)23-11-14-15(18)10-12-4-2-3-5-13(12)16(14)21/h2-5,10,21H,6-9,11H2,1H3. The van der Waals surface area contributed by atoms with Gasteiger partial charge >= 0.3 is 0 Å². The van der Waals surface area contributed by atoms with Crippen molar-refractivity contribution in [2.45, 2.75) is 5.75 Å². The summed E-state index contributed by atoms with van der Waals surface area (Å²) >= 11 is 8.74. The zero-order valence-corrected chi connectivity index (χ0v) is 15.8. The van der Waals surface area contributed by atoms with Gasteiger partial charge in [0.15, 0.2) is 0 Å². The number of carbonyl (C=O) groups excluding carboxylic acids is 1. The molecule has 4 nitrogen and oxygen atoms in total. The van der Waals surface area contributed by atoms with Gasteiger partial charge in [0.1, 0.15) is 5.75 Å². The van der Waals surface area contributed by atoms with Gasteiger partial charge in [0.05, 0.1) is 0 Å². The number of fused-ring (bicyclic) bond motifs is 1. The molecular weight excluding hydrogens is 364 g/mol. The Morgan fingerprint density at radius 3 is 2.71 bits per heavy atom. The zero-order valence-electron chi connectivity index (χ0n) is 13.4. The number of piperazine rings is 1. The lowest BCUT2D eigenvalue weighted by Gasteiger charge is -2.30. The topological polar surface area (TPSA) is 43.8 Å². The minimum Gasteiger partial charge on any atom is -0.507 e. The lowest BCUT2D eigenvalue weighted by molar-refractivity contribution is 0.232. The Kier molecular flexibility index (Phi) is 5.94. The number of rotatable bonds is 3. The molecule has 2 aromatic carbocycles. The van der Waals surface area contributed by atoms with Gasteiger partial charge in [0, 0.05) is 59.9 Å². The molecule has 1 aliphatic rings. The van der Waals surface area contributed by atoms with E-state index in [-0.39, 0.29) is 10.2 Å². The predicted octanol–water partition coefficient (Wildman–Crippen LogP) is 4.45. The molecule has 1 heterocycles. The van der Waals surface area contributed by atoms with E-state index in [4.69, 9.17) is 11.6 Å². The third kappa shape index (κ3) is 4.18. The molecule has 0 amide bonds. The Bertz CT molecular complexity index is 749. The highest BCUT2D eigenvalue weighted by molar-refractivity contribution is 8.37. The minimum absolute atomic E-state index is 0.0307. The van der Waals surface area contributed by atoms with Gasteiger partial charge in [0.25, 0.3) is 4.45 Å². The molecule has 0 unspecified atom stereocenters. The molecular formula is C17H19ClN2O2S2. The molecule has 128 valence electrons. The van der Waals surface area contributed by atoms with Gasteiger partial charge < -0.3 is 10.0 Å². The number of aromatic hydroxyl groups is 1. The van der Waals surface area contributed by atoms with Crippen LogP contribution < -0.4 is 0 Å².